The van der Waals surface area contributed by atoms with Crippen LogP contribution in [-0.4, -0.2) is 38.3 Å². The van der Waals surface area contributed by atoms with E-state index in [1.807, 2.05) is 24.3 Å². The molecule has 5 heteroatoms. The minimum absolute atomic E-state index is 0.0621. The van der Waals surface area contributed by atoms with E-state index >= 15 is 0 Å². The van der Waals surface area contributed by atoms with Gasteiger partial charge in [0.2, 0.25) is 0 Å². The van der Waals surface area contributed by atoms with Crippen LogP contribution in [0.3, 0.4) is 0 Å². The van der Waals surface area contributed by atoms with Crippen LogP contribution >= 0.6 is 0 Å². The van der Waals surface area contributed by atoms with Crippen molar-refractivity contribution in [2.75, 3.05) is 18.1 Å². The van der Waals surface area contributed by atoms with Crippen LogP contribution < -0.4 is 5.32 Å². The normalized spacial score (nSPS) is 25.2. The number of hydrogen-bond donors (Lipinski definition) is 1. The van der Waals surface area contributed by atoms with Gasteiger partial charge in [-0.2, -0.15) is 0 Å². The molecule has 3 rings (SSSR count). The van der Waals surface area contributed by atoms with Crippen LogP contribution in [-0.2, 0) is 9.84 Å². The monoisotopic (exact) mass is 307 g/mol. The molecule has 1 unspecified atom stereocenters. The van der Waals surface area contributed by atoms with Crippen LogP contribution in [0.15, 0.2) is 24.3 Å². The third kappa shape index (κ3) is 3.35. The summed E-state index contributed by atoms with van der Waals surface area (Å²) in [6, 6.07) is 7.55. The summed E-state index contributed by atoms with van der Waals surface area (Å²) in [5.74, 6) is 0.820. The standard InChI is InChI=1S/C16H21NO3S/c18-16(10-13-11-21(19,20)9-8-17-13)15-7-2-1-6-14(15)12-4-3-5-12/h1-2,6-7,12-13,17H,3-5,8-11H2. The first-order valence-corrected chi connectivity index (χ1v) is 9.43. The van der Waals surface area contributed by atoms with Gasteiger partial charge in [0.1, 0.15) is 0 Å². The average Bonchev–Trinajstić information content (AvgIpc) is 2.36. The molecule has 0 aromatic heterocycles. The Hall–Kier alpha value is -1.20. The lowest BCUT2D eigenvalue weighted by Gasteiger charge is -2.28. The first kappa shape index (κ1) is 14.7. The highest BCUT2D eigenvalue weighted by Crippen LogP contribution is 2.38. The number of benzene rings is 1. The second-order valence-corrected chi connectivity index (χ2v) is 8.34. The molecule has 0 amide bonds. The maximum atomic E-state index is 12.6. The second kappa shape index (κ2) is 5.89. The summed E-state index contributed by atoms with van der Waals surface area (Å²) in [4.78, 5) is 12.6. The lowest BCUT2D eigenvalue weighted by atomic mass is 9.77. The lowest BCUT2D eigenvalue weighted by Crippen LogP contribution is -2.46. The van der Waals surface area contributed by atoms with E-state index in [1.165, 1.54) is 6.42 Å². The molecule has 1 N–H and O–H groups in total. The van der Waals surface area contributed by atoms with Gasteiger partial charge < -0.3 is 5.32 Å². The summed E-state index contributed by atoms with van der Waals surface area (Å²) >= 11 is 0. The van der Waals surface area contributed by atoms with Gasteiger partial charge in [-0.05, 0) is 24.3 Å². The Kier molecular flexibility index (Phi) is 4.13. The fourth-order valence-corrected chi connectivity index (χ4v) is 4.60. The molecule has 1 aromatic carbocycles. The quantitative estimate of drug-likeness (QED) is 0.863. The SMILES string of the molecule is O=C(CC1CS(=O)(=O)CCN1)c1ccccc1C1CCC1. The predicted octanol–water partition coefficient (Wildman–Crippen LogP) is 1.91. The van der Waals surface area contributed by atoms with Gasteiger partial charge in [-0.1, -0.05) is 30.7 Å². The smallest absolute Gasteiger partial charge is 0.164 e. The molecule has 2 aliphatic rings. The van der Waals surface area contributed by atoms with Crippen molar-refractivity contribution in [1.29, 1.82) is 0 Å². The molecule has 2 fully saturated rings. The highest BCUT2D eigenvalue weighted by atomic mass is 32.2. The fourth-order valence-electron chi connectivity index (χ4n) is 3.16. The van der Waals surface area contributed by atoms with Crippen molar-refractivity contribution in [3.63, 3.8) is 0 Å². The first-order chi connectivity index (χ1) is 10.1. The highest BCUT2D eigenvalue weighted by Gasteiger charge is 2.28. The minimum atomic E-state index is -2.99. The van der Waals surface area contributed by atoms with Gasteiger partial charge in [0, 0.05) is 24.6 Å². The molecule has 114 valence electrons. The zero-order valence-electron chi connectivity index (χ0n) is 12.0. The maximum Gasteiger partial charge on any atom is 0.164 e. The Morgan fingerprint density at radius 1 is 1.24 bits per heavy atom. The molecule has 1 saturated carbocycles. The van der Waals surface area contributed by atoms with Crippen molar-refractivity contribution in [1.82, 2.24) is 5.32 Å². The Morgan fingerprint density at radius 3 is 2.67 bits per heavy atom. The Morgan fingerprint density at radius 2 is 2.00 bits per heavy atom. The number of carbonyl (C=O) groups is 1. The minimum Gasteiger partial charge on any atom is -0.312 e. The summed E-state index contributed by atoms with van der Waals surface area (Å²) in [5.41, 5.74) is 1.93. The van der Waals surface area contributed by atoms with E-state index in [0.29, 0.717) is 12.5 Å². The van der Waals surface area contributed by atoms with E-state index in [9.17, 15) is 13.2 Å². The maximum absolute atomic E-state index is 12.6. The van der Waals surface area contributed by atoms with Crippen LogP contribution in [0.1, 0.15) is 47.5 Å². The van der Waals surface area contributed by atoms with Crippen LogP contribution in [0.2, 0.25) is 0 Å². The molecule has 1 aliphatic heterocycles. The van der Waals surface area contributed by atoms with Gasteiger partial charge in [0.25, 0.3) is 0 Å². The Labute approximate surface area is 125 Å². The fraction of sp³-hybridized carbons (Fsp3) is 0.562. The van der Waals surface area contributed by atoms with Crippen LogP contribution in [0.4, 0.5) is 0 Å². The number of carbonyl (C=O) groups excluding carboxylic acids is 1. The van der Waals surface area contributed by atoms with Crippen molar-refractivity contribution in [3.05, 3.63) is 35.4 Å². The molecule has 1 heterocycles. The zero-order valence-corrected chi connectivity index (χ0v) is 12.9. The Balaban J connectivity index is 1.73. The van der Waals surface area contributed by atoms with Crippen molar-refractivity contribution in [2.24, 2.45) is 0 Å². The van der Waals surface area contributed by atoms with Gasteiger partial charge in [-0.25, -0.2) is 8.42 Å². The number of ketones is 1. The summed E-state index contributed by atoms with van der Waals surface area (Å²) in [5, 5.41) is 3.15. The van der Waals surface area contributed by atoms with Crippen molar-refractivity contribution in [3.8, 4) is 0 Å². The number of nitrogens with one attached hydrogen (secondary N) is 1. The van der Waals surface area contributed by atoms with E-state index < -0.39 is 9.84 Å². The third-order valence-electron chi connectivity index (χ3n) is 4.54. The van der Waals surface area contributed by atoms with Gasteiger partial charge >= 0.3 is 0 Å². The van der Waals surface area contributed by atoms with Crippen LogP contribution in [0.5, 0.6) is 0 Å². The van der Waals surface area contributed by atoms with E-state index in [1.54, 1.807) is 0 Å². The summed E-state index contributed by atoms with van der Waals surface area (Å²) < 4.78 is 23.3. The molecule has 0 bridgehead atoms. The molecule has 1 atom stereocenters. The molecule has 0 radical (unpaired) electrons. The largest absolute Gasteiger partial charge is 0.312 e. The summed E-state index contributed by atoms with van der Waals surface area (Å²) in [6.45, 7) is 0.449. The predicted molar refractivity (Wildman–Crippen MR) is 82.4 cm³/mol. The molecule has 1 aromatic rings. The average molecular weight is 307 g/mol. The second-order valence-electron chi connectivity index (χ2n) is 6.11. The van der Waals surface area contributed by atoms with Crippen molar-refractivity contribution in [2.45, 2.75) is 37.6 Å². The van der Waals surface area contributed by atoms with E-state index in [4.69, 9.17) is 0 Å². The lowest BCUT2D eigenvalue weighted by molar-refractivity contribution is 0.0969. The molecule has 21 heavy (non-hydrogen) atoms. The van der Waals surface area contributed by atoms with Gasteiger partial charge in [0.05, 0.1) is 11.5 Å². The van der Waals surface area contributed by atoms with Gasteiger partial charge in [-0.15, -0.1) is 0 Å². The first-order valence-electron chi connectivity index (χ1n) is 7.61. The van der Waals surface area contributed by atoms with E-state index in [0.717, 1.165) is 24.0 Å². The third-order valence-corrected chi connectivity index (χ3v) is 6.28. The molecular weight excluding hydrogens is 286 g/mol. The van der Waals surface area contributed by atoms with Crippen molar-refractivity contribution >= 4 is 15.6 Å². The zero-order chi connectivity index (χ0) is 14.9. The molecule has 4 nitrogen and oxygen atoms in total. The van der Waals surface area contributed by atoms with Gasteiger partial charge in [0.15, 0.2) is 15.6 Å². The molecule has 1 saturated heterocycles. The number of rotatable bonds is 4. The van der Waals surface area contributed by atoms with Gasteiger partial charge in [-0.3, -0.25) is 4.79 Å². The molecule has 0 spiro atoms. The molecular formula is C16H21NO3S. The number of Topliss-reactive ketones (excluding diaryl/α,β-unsaturated/α-hetero) is 1. The summed E-state index contributed by atoms with van der Waals surface area (Å²) in [6.07, 6.45) is 3.80. The van der Waals surface area contributed by atoms with Crippen LogP contribution in [0, 0.1) is 0 Å². The van der Waals surface area contributed by atoms with Crippen LogP contribution in [0.25, 0.3) is 0 Å². The highest BCUT2D eigenvalue weighted by molar-refractivity contribution is 7.91. The molecule has 1 aliphatic carbocycles. The van der Waals surface area contributed by atoms with E-state index in [-0.39, 0.29) is 29.8 Å². The van der Waals surface area contributed by atoms with Crippen molar-refractivity contribution < 1.29 is 13.2 Å². The Bertz CT molecular complexity index is 635. The van der Waals surface area contributed by atoms with E-state index in [2.05, 4.69) is 5.32 Å². The number of hydrogen-bond acceptors (Lipinski definition) is 4. The number of sulfone groups is 1. The topological polar surface area (TPSA) is 63.2 Å². The summed E-state index contributed by atoms with van der Waals surface area (Å²) in [7, 11) is -2.99.